The Morgan fingerprint density at radius 2 is 1.96 bits per heavy atom. The zero-order valence-corrected chi connectivity index (χ0v) is 14.1. The number of rotatable bonds is 5. The van der Waals surface area contributed by atoms with E-state index in [4.69, 9.17) is 0 Å². The molecule has 0 unspecified atom stereocenters. The van der Waals surface area contributed by atoms with E-state index in [1.807, 2.05) is 0 Å². The van der Waals surface area contributed by atoms with Crippen LogP contribution in [0.15, 0.2) is 34.2 Å². The average Bonchev–Trinajstić information content (AvgIpc) is 2.81. The minimum absolute atomic E-state index is 0.00541. The number of fused-ring (bicyclic) bond motifs is 1. The smallest absolute Gasteiger partial charge is 0.405 e. The number of hydrogen-bond donors (Lipinski definition) is 2. The van der Waals surface area contributed by atoms with Gasteiger partial charge >= 0.3 is 12.1 Å². The molecule has 0 radical (unpaired) electrons. The topological polar surface area (TPSA) is 114 Å². The Bertz CT molecular complexity index is 852. The summed E-state index contributed by atoms with van der Waals surface area (Å²) in [6, 6.07) is 4.79. The van der Waals surface area contributed by atoms with E-state index in [-0.39, 0.29) is 16.3 Å². The minimum Gasteiger partial charge on any atom is -0.454 e. The summed E-state index contributed by atoms with van der Waals surface area (Å²) in [5.41, 5.74) is 0.273. The molecule has 1 aliphatic heterocycles. The summed E-state index contributed by atoms with van der Waals surface area (Å²) < 4.78 is 66.5. The summed E-state index contributed by atoms with van der Waals surface area (Å²) in [6.45, 7) is -1.16. The average molecular weight is 393 g/mol. The maximum Gasteiger partial charge on any atom is 0.405 e. The molecular weight excluding hydrogens is 379 g/mol. The predicted octanol–water partition coefficient (Wildman–Crippen LogP) is 0.335. The summed E-state index contributed by atoms with van der Waals surface area (Å²) in [4.78, 5) is 26.9. The van der Waals surface area contributed by atoms with Crippen molar-refractivity contribution in [3.8, 4) is 0 Å². The highest BCUT2D eigenvalue weighted by Crippen LogP contribution is 2.22. The lowest BCUT2D eigenvalue weighted by Gasteiger charge is -2.10. The van der Waals surface area contributed by atoms with Crippen LogP contribution in [0.4, 0.5) is 13.2 Å². The van der Waals surface area contributed by atoms with Gasteiger partial charge < -0.3 is 10.1 Å². The van der Waals surface area contributed by atoms with Gasteiger partial charge in [0.25, 0.3) is 15.9 Å². The number of benzene rings is 1. The van der Waals surface area contributed by atoms with Gasteiger partial charge in [0.05, 0.1) is 4.90 Å². The van der Waals surface area contributed by atoms with E-state index in [2.05, 4.69) is 14.5 Å². The fraction of sp³-hybridized carbons (Fsp3) is 0.357. The van der Waals surface area contributed by atoms with Gasteiger partial charge in [-0.1, -0.05) is 12.1 Å². The molecule has 0 spiro atoms. The highest BCUT2D eigenvalue weighted by molar-refractivity contribution is 7.90. The molecular formula is C14H14F3N3O5S. The number of alkyl halides is 3. The number of nitrogens with one attached hydrogen (secondary N) is 2. The number of nitrogens with zero attached hydrogens (tertiary/aromatic N) is 1. The largest absolute Gasteiger partial charge is 0.454 e. The predicted molar refractivity (Wildman–Crippen MR) is 82.8 cm³/mol. The molecule has 8 nitrogen and oxygen atoms in total. The number of sulfonamides is 1. The van der Waals surface area contributed by atoms with Crippen LogP contribution in [0.25, 0.3) is 0 Å². The molecule has 0 fully saturated rings. The molecule has 1 aliphatic rings. The summed E-state index contributed by atoms with van der Waals surface area (Å²) in [7, 11) is -3.78. The van der Waals surface area contributed by atoms with Gasteiger partial charge in [-0.2, -0.15) is 13.2 Å². The van der Waals surface area contributed by atoms with Crippen molar-refractivity contribution in [1.29, 1.82) is 0 Å². The van der Waals surface area contributed by atoms with E-state index in [0.717, 1.165) is 0 Å². The van der Waals surface area contributed by atoms with Crippen LogP contribution in [0.2, 0.25) is 0 Å². The van der Waals surface area contributed by atoms with Crippen LogP contribution in [0.5, 0.6) is 0 Å². The Hall–Kier alpha value is -2.63. The highest BCUT2D eigenvalue weighted by atomic mass is 32.2. The second kappa shape index (κ2) is 7.32. The summed E-state index contributed by atoms with van der Waals surface area (Å²) in [6.07, 6.45) is -4.58. The second-order valence-corrected chi connectivity index (χ2v) is 6.91. The molecule has 1 aromatic carbocycles. The number of hydrogen-bond acceptors (Lipinski definition) is 6. The second-order valence-electron chi connectivity index (χ2n) is 5.25. The number of carbonyl (C=O) groups is 2. The fourth-order valence-electron chi connectivity index (χ4n) is 1.98. The van der Waals surface area contributed by atoms with Crippen LogP contribution < -0.4 is 10.0 Å². The van der Waals surface area contributed by atoms with Gasteiger partial charge in [-0.15, -0.1) is 0 Å². The molecule has 1 atom stereocenters. The van der Waals surface area contributed by atoms with Crippen LogP contribution in [0.1, 0.15) is 12.5 Å². The third-order valence-corrected chi connectivity index (χ3v) is 4.56. The number of esters is 1. The molecule has 0 aromatic heterocycles. The van der Waals surface area contributed by atoms with E-state index >= 15 is 0 Å². The number of aliphatic imine (C=N–C) groups is 1. The number of carbonyl (C=O) groups excluding carboxylic acids is 2. The van der Waals surface area contributed by atoms with Crippen LogP contribution in [0.3, 0.4) is 0 Å². The SMILES string of the molecule is C[C@H](N=C1NS(=O)(=O)c2ccccc21)C(=O)OCC(=O)NCC(F)(F)F. The normalized spacial score (nSPS) is 17.9. The summed E-state index contributed by atoms with van der Waals surface area (Å²) >= 11 is 0. The molecule has 1 aromatic rings. The first-order valence-corrected chi connectivity index (χ1v) is 8.68. The third kappa shape index (κ3) is 4.94. The Morgan fingerprint density at radius 1 is 1.31 bits per heavy atom. The van der Waals surface area contributed by atoms with Crippen molar-refractivity contribution in [2.24, 2.45) is 4.99 Å². The lowest BCUT2D eigenvalue weighted by Crippen LogP contribution is -2.37. The van der Waals surface area contributed by atoms with Gasteiger partial charge in [-0.25, -0.2) is 13.2 Å². The van der Waals surface area contributed by atoms with Crippen molar-refractivity contribution in [3.63, 3.8) is 0 Å². The van der Waals surface area contributed by atoms with Crippen molar-refractivity contribution in [2.45, 2.75) is 24.0 Å². The summed E-state index contributed by atoms with van der Waals surface area (Å²) in [5, 5.41) is 1.55. The maximum atomic E-state index is 12.0. The fourth-order valence-corrected chi connectivity index (χ4v) is 3.22. The lowest BCUT2D eigenvalue weighted by molar-refractivity contribution is -0.152. The number of ether oxygens (including phenoxy) is 1. The van der Waals surface area contributed by atoms with E-state index in [1.165, 1.54) is 25.1 Å². The van der Waals surface area contributed by atoms with Gasteiger partial charge in [0.1, 0.15) is 18.4 Å². The van der Waals surface area contributed by atoms with Crippen molar-refractivity contribution < 1.29 is 35.9 Å². The molecule has 26 heavy (non-hydrogen) atoms. The van der Waals surface area contributed by atoms with Crippen molar-refractivity contribution in [3.05, 3.63) is 29.8 Å². The molecule has 142 valence electrons. The summed E-state index contributed by atoms with van der Waals surface area (Å²) in [5.74, 6) is -2.18. The molecule has 0 bridgehead atoms. The Labute approximate surface area is 146 Å². The zero-order chi connectivity index (χ0) is 19.5. The van der Waals surface area contributed by atoms with Crippen LogP contribution in [0, 0.1) is 0 Å². The van der Waals surface area contributed by atoms with Crippen LogP contribution in [-0.2, 0) is 24.3 Å². The van der Waals surface area contributed by atoms with Gasteiger partial charge in [-0.3, -0.25) is 14.5 Å². The minimum atomic E-state index is -4.58. The zero-order valence-electron chi connectivity index (χ0n) is 13.3. The Morgan fingerprint density at radius 3 is 2.62 bits per heavy atom. The first kappa shape index (κ1) is 19.7. The Kier molecular flexibility index (Phi) is 5.54. The monoisotopic (exact) mass is 393 g/mol. The number of amides is 1. The van der Waals surface area contributed by atoms with Crippen LogP contribution >= 0.6 is 0 Å². The molecule has 12 heteroatoms. The van der Waals surface area contributed by atoms with Gasteiger partial charge in [0.2, 0.25) is 0 Å². The van der Waals surface area contributed by atoms with Gasteiger partial charge in [0.15, 0.2) is 6.61 Å². The quantitative estimate of drug-likeness (QED) is 0.700. The van der Waals surface area contributed by atoms with E-state index in [1.54, 1.807) is 11.4 Å². The van der Waals surface area contributed by atoms with Gasteiger partial charge in [0, 0.05) is 5.56 Å². The third-order valence-electron chi connectivity index (χ3n) is 3.16. The highest BCUT2D eigenvalue weighted by Gasteiger charge is 2.31. The van der Waals surface area contributed by atoms with Crippen LogP contribution in [-0.4, -0.2) is 51.5 Å². The van der Waals surface area contributed by atoms with Gasteiger partial charge in [-0.05, 0) is 19.1 Å². The standard InChI is InChI=1S/C14H14F3N3O5S/c1-8(13(22)25-6-11(21)18-7-14(15,16)17)19-12-9-4-2-3-5-10(9)26(23,24)20-12/h2-5,8H,6-7H2,1H3,(H,18,21)(H,19,20)/t8-/m0/s1. The molecule has 0 aliphatic carbocycles. The van der Waals surface area contributed by atoms with E-state index in [0.29, 0.717) is 0 Å². The molecule has 0 saturated carbocycles. The van der Waals surface area contributed by atoms with Crippen molar-refractivity contribution >= 4 is 27.7 Å². The first-order valence-electron chi connectivity index (χ1n) is 7.20. The molecule has 2 N–H and O–H groups in total. The molecule has 1 heterocycles. The van der Waals surface area contributed by atoms with Crippen molar-refractivity contribution in [1.82, 2.24) is 10.0 Å². The lowest BCUT2D eigenvalue weighted by atomic mass is 10.2. The number of halogens is 3. The van der Waals surface area contributed by atoms with E-state index in [9.17, 15) is 31.2 Å². The van der Waals surface area contributed by atoms with E-state index < -0.39 is 47.3 Å². The maximum absolute atomic E-state index is 12.0. The molecule has 1 amide bonds. The van der Waals surface area contributed by atoms with Crippen molar-refractivity contribution in [2.75, 3.05) is 13.2 Å². The first-order chi connectivity index (χ1) is 12.0. The Balaban J connectivity index is 1.98. The molecule has 0 saturated heterocycles. The number of amidine groups is 1. The molecule has 2 rings (SSSR count).